The maximum atomic E-state index is 11.3. The second-order valence-electron chi connectivity index (χ2n) is 6.08. The Hall–Kier alpha value is -1.26. The third-order valence-corrected chi connectivity index (χ3v) is 5.09. The molecule has 2 bridgehead atoms. The Labute approximate surface area is 130 Å². The van der Waals surface area contributed by atoms with E-state index in [1.54, 1.807) is 6.07 Å². The molecule has 2 heterocycles. The molecule has 2 fully saturated rings. The summed E-state index contributed by atoms with van der Waals surface area (Å²) in [7, 11) is 0. The van der Waals surface area contributed by atoms with Gasteiger partial charge in [-0.2, -0.15) is 0 Å². The Balaban J connectivity index is 1.83. The number of benzene rings is 1. The highest BCUT2D eigenvalue weighted by atomic mass is 35.5. The number of carbonyl (C=O) groups excluding carboxylic acids is 1. The van der Waals surface area contributed by atoms with Crippen molar-refractivity contribution in [2.75, 3.05) is 11.4 Å². The number of hydrogen-bond donors (Lipinski definition) is 2. The van der Waals surface area contributed by atoms with Crippen molar-refractivity contribution >= 4 is 23.2 Å². The van der Waals surface area contributed by atoms with Gasteiger partial charge in [-0.1, -0.05) is 11.6 Å². The molecule has 5 heteroatoms. The second-order valence-corrected chi connectivity index (χ2v) is 6.48. The number of amides is 1. The van der Waals surface area contributed by atoms with E-state index >= 15 is 0 Å². The number of anilines is 1. The Morgan fingerprint density at radius 2 is 2.05 bits per heavy atom. The van der Waals surface area contributed by atoms with Crippen LogP contribution in [0.2, 0.25) is 5.02 Å². The number of nitrogens with one attached hydrogen (secondary N) is 1. The Morgan fingerprint density at radius 3 is 2.57 bits per heavy atom. The summed E-state index contributed by atoms with van der Waals surface area (Å²) in [6, 6.07) is 7.42. The molecule has 2 saturated heterocycles. The number of fused-ring (bicyclic) bond motifs is 2. The van der Waals surface area contributed by atoms with Crippen LogP contribution in [0.1, 0.15) is 43.0 Å². The molecule has 2 aliphatic rings. The maximum absolute atomic E-state index is 11.3. The van der Waals surface area contributed by atoms with Gasteiger partial charge in [0, 0.05) is 30.4 Å². The van der Waals surface area contributed by atoms with Crippen LogP contribution in [-0.2, 0) is 0 Å². The lowest BCUT2D eigenvalue weighted by atomic mass is 9.97. The van der Waals surface area contributed by atoms with Crippen LogP contribution in [0.3, 0.4) is 0 Å². The van der Waals surface area contributed by atoms with Crippen LogP contribution < -0.4 is 16.0 Å². The standard InChI is InChI=1S/C16H22ClN3O/c1-2-20(13-7-10-3-4-11(8-13)19-10)12-5-6-14(16(18)21)15(17)9-12/h5-6,9-11,13,19H,2-4,7-8H2,1H3,(H2,18,21). The SMILES string of the molecule is CCN(c1ccc(C(N)=O)c(Cl)c1)C1CC2CCC(C1)N2. The van der Waals surface area contributed by atoms with E-state index in [0.717, 1.165) is 12.2 Å². The van der Waals surface area contributed by atoms with Gasteiger partial charge in [0.25, 0.3) is 0 Å². The van der Waals surface area contributed by atoms with Gasteiger partial charge in [0.2, 0.25) is 5.91 Å². The van der Waals surface area contributed by atoms with Crippen LogP contribution in [0.5, 0.6) is 0 Å². The van der Waals surface area contributed by atoms with E-state index < -0.39 is 5.91 Å². The molecular weight excluding hydrogens is 286 g/mol. The predicted octanol–water partition coefficient (Wildman–Crippen LogP) is 2.55. The van der Waals surface area contributed by atoms with Crippen LogP contribution in [0.4, 0.5) is 5.69 Å². The van der Waals surface area contributed by atoms with E-state index in [-0.39, 0.29) is 0 Å². The zero-order chi connectivity index (χ0) is 15.0. The maximum Gasteiger partial charge on any atom is 0.250 e. The van der Waals surface area contributed by atoms with Gasteiger partial charge in [0.1, 0.15) is 0 Å². The molecule has 0 aromatic heterocycles. The minimum absolute atomic E-state index is 0.391. The van der Waals surface area contributed by atoms with Crippen molar-refractivity contribution in [3.05, 3.63) is 28.8 Å². The van der Waals surface area contributed by atoms with Crippen LogP contribution in [-0.4, -0.2) is 30.6 Å². The molecule has 0 spiro atoms. The molecule has 2 unspecified atom stereocenters. The third-order valence-electron chi connectivity index (χ3n) is 4.78. The molecule has 0 aliphatic carbocycles. The van der Waals surface area contributed by atoms with Crippen molar-refractivity contribution in [1.29, 1.82) is 0 Å². The Bertz CT molecular complexity index is 536. The Morgan fingerprint density at radius 1 is 1.38 bits per heavy atom. The highest BCUT2D eigenvalue weighted by molar-refractivity contribution is 6.34. The summed E-state index contributed by atoms with van der Waals surface area (Å²) in [5.41, 5.74) is 6.79. The van der Waals surface area contributed by atoms with Gasteiger partial charge < -0.3 is 16.0 Å². The molecule has 1 aromatic carbocycles. The molecule has 2 aliphatic heterocycles. The Kier molecular flexibility index (Phi) is 4.09. The molecule has 0 saturated carbocycles. The largest absolute Gasteiger partial charge is 0.369 e. The van der Waals surface area contributed by atoms with Gasteiger partial charge in [-0.05, 0) is 50.8 Å². The first-order valence-corrected chi connectivity index (χ1v) is 8.08. The third kappa shape index (κ3) is 2.87. The smallest absolute Gasteiger partial charge is 0.250 e. The number of carbonyl (C=O) groups is 1. The zero-order valence-corrected chi connectivity index (χ0v) is 13.1. The topological polar surface area (TPSA) is 58.4 Å². The van der Waals surface area contributed by atoms with Crippen molar-refractivity contribution in [1.82, 2.24) is 5.32 Å². The van der Waals surface area contributed by atoms with E-state index in [0.29, 0.717) is 28.7 Å². The quantitative estimate of drug-likeness (QED) is 0.899. The minimum atomic E-state index is -0.477. The van der Waals surface area contributed by atoms with E-state index in [9.17, 15) is 4.79 Å². The normalized spacial score (nSPS) is 27.6. The van der Waals surface area contributed by atoms with E-state index in [2.05, 4.69) is 17.1 Å². The first-order chi connectivity index (χ1) is 10.1. The fraction of sp³-hybridized carbons (Fsp3) is 0.562. The van der Waals surface area contributed by atoms with Crippen molar-refractivity contribution < 1.29 is 4.79 Å². The molecule has 21 heavy (non-hydrogen) atoms. The summed E-state index contributed by atoms with van der Waals surface area (Å²) in [6.07, 6.45) is 4.94. The molecule has 3 rings (SSSR count). The van der Waals surface area contributed by atoms with Crippen molar-refractivity contribution in [3.63, 3.8) is 0 Å². The van der Waals surface area contributed by atoms with Crippen LogP contribution in [0.25, 0.3) is 0 Å². The average Bonchev–Trinajstić information content (AvgIpc) is 2.78. The highest BCUT2D eigenvalue weighted by Crippen LogP contribution is 2.33. The lowest BCUT2D eigenvalue weighted by molar-refractivity contribution is 0.100. The van der Waals surface area contributed by atoms with Crippen molar-refractivity contribution in [2.24, 2.45) is 5.73 Å². The van der Waals surface area contributed by atoms with E-state index in [4.69, 9.17) is 17.3 Å². The molecule has 2 atom stereocenters. The highest BCUT2D eigenvalue weighted by Gasteiger charge is 2.35. The summed E-state index contributed by atoms with van der Waals surface area (Å²) >= 11 is 6.19. The van der Waals surface area contributed by atoms with Crippen molar-refractivity contribution in [3.8, 4) is 0 Å². The molecule has 4 nitrogen and oxygen atoms in total. The summed E-state index contributed by atoms with van der Waals surface area (Å²) in [4.78, 5) is 13.7. The fourth-order valence-electron chi connectivity index (χ4n) is 3.82. The molecule has 1 aromatic rings. The number of rotatable bonds is 4. The summed E-state index contributed by atoms with van der Waals surface area (Å²) in [5, 5.41) is 4.11. The molecule has 114 valence electrons. The number of primary amides is 1. The number of halogens is 1. The van der Waals surface area contributed by atoms with Gasteiger partial charge in [0.05, 0.1) is 10.6 Å². The van der Waals surface area contributed by atoms with Gasteiger partial charge >= 0.3 is 0 Å². The van der Waals surface area contributed by atoms with Crippen molar-refractivity contribution in [2.45, 2.75) is 50.7 Å². The van der Waals surface area contributed by atoms with Crippen LogP contribution in [0.15, 0.2) is 18.2 Å². The average molecular weight is 308 g/mol. The number of nitrogens with zero attached hydrogens (tertiary/aromatic N) is 1. The first-order valence-electron chi connectivity index (χ1n) is 7.70. The zero-order valence-electron chi connectivity index (χ0n) is 12.3. The number of hydrogen-bond acceptors (Lipinski definition) is 3. The van der Waals surface area contributed by atoms with E-state index in [1.165, 1.54) is 25.7 Å². The van der Waals surface area contributed by atoms with Gasteiger partial charge in [0.15, 0.2) is 0 Å². The molecule has 1 amide bonds. The lowest BCUT2D eigenvalue weighted by Gasteiger charge is -2.39. The number of piperidine rings is 1. The fourth-order valence-corrected chi connectivity index (χ4v) is 4.08. The van der Waals surface area contributed by atoms with Crippen LogP contribution in [0, 0.1) is 0 Å². The monoisotopic (exact) mass is 307 g/mol. The predicted molar refractivity (Wildman–Crippen MR) is 86.0 cm³/mol. The summed E-state index contributed by atoms with van der Waals surface area (Å²) < 4.78 is 0. The summed E-state index contributed by atoms with van der Waals surface area (Å²) in [5.74, 6) is -0.477. The molecule has 0 radical (unpaired) electrons. The van der Waals surface area contributed by atoms with Crippen LogP contribution >= 0.6 is 11.6 Å². The van der Waals surface area contributed by atoms with Gasteiger partial charge in [-0.3, -0.25) is 4.79 Å². The molecular formula is C16H22ClN3O. The number of nitrogens with two attached hydrogens (primary N) is 1. The first kappa shape index (κ1) is 14.7. The molecule has 3 N–H and O–H groups in total. The van der Waals surface area contributed by atoms with Gasteiger partial charge in [-0.15, -0.1) is 0 Å². The van der Waals surface area contributed by atoms with Gasteiger partial charge in [-0.25, -0.2) is 0 Å². The second kappa shape index (κ2) is 5.85. The summed E-state index contributed by atoms with van der Waals surface area (Å²) in [6.45, 7) is 3.11. The lowest BCUT2D eigenvalue weighted by Crippen LogP contribution is -2.48. The van der Waals surface area contributed by atoms with E-state index in [1.807, 2.05) is 12.1 Å². The minimum Gasteiger partial charge on any atom is -0.369 e.